The molecule has 96 valence electrons. The SMILES string of the molecule is CC(C)(C)c1c(Cl)[nH]c2nc(C(=O)O)nc(N)c12. The number of anilines is 1. The van der Waals surface area contributed by atoms with E-state index in [9.17, 15) is 4.79 Å². The van der Waals surface area contributed by atoms with Crippen molar-refractivity contribution in [3.63, 3.8) is 0 Å². The molecule has 0 aliphatic rings. The van der Waals surface area contributed by atoms with Crippen LogP contribution in [0.1, 0.15) is 37.0 Å². The van der Waals surface area contributed by atoms with Crippen molar-refractivity contribution in [3.05, 3.63) is 16.5 Å². The average molecular weight is 269 g/mol. The Hall–Kier alpha value is -1.82. The summed E-state index contributed by atoms with van der Waals surface area (Å²) >= 11 is 6.13. The molecule has 0 saturated heterocycles. The van der Waals surface area contributed by atoms with Crippen LogP contribution in [-0.2, 0) is 5.41 Å². The van der Waals surface area contributed by atoms with Crippen LogP contribution >= 0.6 is 11.6 Å². The van der Waals surface area contributed by atoms with Gasteiger partial charge in [0, 0.05) is 5.56 Å². The van der Waals surface area contributed by atoms with Gasteiger partial charge in [0.1, 0.15) is 16.6 Å². The Bertz CT molecular complexity index is 643. The monoisotopic (exact) mass is 268 g/mol. The van der Waals surface area contributed by atoms with E-state index in [0.717, 1.165) is 5.56 Å². The largest absolute Gasteiger partial charge is 0.475 e. The molecule has 0 bridgehead atoms. The van der Waals surface area contributed by atoms with Crippen molar-refractivity contribution in [2.75, 3.05) is 5.73 Å². The standard InChI is InChI=1S/C11H13ClN4O2/c1-11(2,3)5-4-7(13)15-9(10(17)18)16-8(4)14-6(5)12/h1-3H3,(H,17,18)(H3,13,14,15,16). The van der Waals surface area contributed by atoms with Crippen molar-refractivity contribution in [2.45, 2.75) is 26.2 Å². The van der Waals surface area contributed by atoms with E-state index in [4.69, 9.17) is 22.4 Å². The molecular formula is C11H13ClN4O2. The van der Waals surface area contributed by atoms with E-state index in [1.165, 1.54) is 0 Å². The maximum atomic E-state index is 10.9. The van der Waals surface area contributed by atoms with Gasteiger partial charge in [0.05, 0.1) is 5.39 Å². The molecule has 2 rings (SSSR count). The minimum absolute atomic E-state index is 0.116. The maximum Gasteiger partial charge on any atom is 0.374 e. The number of nitrogen functional groups attached to an aromatic ring is 1. The van der Waals surface area contributed by atoms with Gasteiger partial charge >= 0.3 is 5.97 Å². The lowest BCUT2D eigenvalue weighted by Crippen LogP contribution is -2.13. The highest BCUT2D eigenvalue weighted by Gasteiger charge is 2.26. The normalized spacial score (nSPS) is 12.0. The molecule has 0 radical (unpaired) electrons. The molecule has 6 nitrogen and oxygen atoms in total. The lowest BCUT2D eigenvalue weighted by Gasteiger charge is -2.18. The van der Waals surface area contributed by atoms with Gasteiger partial charge in [-0.1, -0.05) is 32.4 Å². The van der Waals surface area contributed by atoms with Crippen LogP contribution in [0.25, 0.3) is 11.0 Å². The lowest BCUT2D eigenvalue weighted by atomic mass is 9.87. The fourth-order valence-corrected chi connectivity index (χ4v) is 2.36. The molecule has 18 heavy (non-hydrogen) atoms. The highest BCUT2D eigenvalue weighted by molar-refractivity contribution is 6.32. The van der Waals surface area contributed by atoms with Crippen LogP contribution < -0.4 is 5.73 Å². The van der Waals surface area contributed by atoms with E-state index in [1.54, 1.807) is 0 Å². The first-order valence-corrected chi connectivity index (χ1v) is 5.68. The number of aromatic carboxylic acids is 1. The number of hydrogen-bond donors (Lipinski definition) is 3. The predicted octanol–water partition coefficient (Wildman–Crippen LogP) is 2.19. The summed E-state index contributed by atoms with van der Waals surface area (Å²) in [6.07, 6.45) is 0. The fraction of sp³-hybridized carbons (Fsp3) is 0.364. The second-order valence-corrected chi connectivity index (χ2v) is 5.40. The molecule has 0 fully saturated rings. The number of hydrogen-bond acceptors (Lipinski definition) is 4. The quantitative estimate of drug-likeness (QED) is 0.735. The van der Waals surface area contributed by atoms with Gasteiger partial charge in [-0.3, -0.25) is 0 Å². The molecule has 7 heteroatoms. The van der Waals surface area contributed by atoms with Crippen molar-refractivity contribution in [3.8, 4) is 0 Å². The Kier molecular flexibility index (Phi) is 2.70. The lowest BCUT2D eigenvalue weighted by molar-refractivity contribution is 0.0684. The third kappa shape index (κ3) is 1.88. The summed E-state index contributed by atoms with van der Waals surface area (Å²) in [5, 5.41) is 9.86. The Morgan fingerprint density at radius 1 is 1.39 bits per heavy atom. The Labute approximate surface area is 108 Å². The van der Waals surface area contributed by atoms with Gasteiger partial charge in [-0.15, -0.1) is 0 Å². The minimum Gasteiger partial charge on any atom is -0.475 e. The van der Waals surface area contributed by atoms with Crippen molar-refractivity contribution < 1.29 is 9.90 Å². The summed E-state index contributed by atoms with van der Waals surface area (Å²) in [7, 11) is 0. The topological polar surface area (TPSA) is 105 Å². The van der Waals surface area contributed by atoms with Crippen molar-refractivity contribution >= 4 is 34.4 Å². The molecule has 2 aromatic heterocycles. The van der Waals surface area contributed by atoms with Crippen molar-refractivity contribution in [1.29, 1.82) is 0 Å². The second kappa shape index (κ2) is 3.84. The molecule has 0 aliphatic heterocycles. The third-order valence-corrected chi connectivity index (χ3v) is 2.86. The highest BCUT2D eigenvalue weighted by atomic mass is 35.5. The molecule has 2 aromatic rings. The number of H-pyrrole nitrogens is 1. The van der Waals surface area contributed by atoms with E-state index in [1.807, 2.05) is 20.8 Å². The Morgan fingerprint density at radius 2 is 2.00 bits per heavy atom. The van der Waals surface area contributed by atoms with Crippen LogP contribution in [0.2, 0.25) is 5.15 Å². The highest BCUT2D eigenvalue weighted by Crippen LogP contribution is 2.37. The number of aromatic nitrogens is 3. The second-order valence-electron chi connectivity index (χ2n) is 5.03. The van der Waals surface area contributed by atoms with Crippen LogP contribution in [0.15, 0.2) is 0 Å². The number of nitrogens with two attached hydrogens (primary N) is 1. The molecule has 4 N–H and O–H groups in total. The Balaban J connectivity index is 2.85. The number of carbonyl (C=O) groups is 1. The zero-order chi connectivity index (χ0) is 13.7. The number of nitrogens with zero attached hydrogens (tertiary/aromatic N) is 2. The van der Waals surface area contributed by atoms with Gasteiger partial charge in [-0.2, -0.15) is 0 Å². The van der Waals surface area contributed by atoms with Gasteiger partial charge in [-0.25, -0.2) is 14.8 Å². The summed E-state index contributed by atoms with van der Waals surface area (Å²) in [6, 6.07) is 0. The minimum atomic E-state index is -1.23. The summed E-state index contributed by atoms with van der Waals surface area (Å²) in [5.74, 6) is -1.46. The first-order valence-electron chi connectivity index (χ1n) is 5.30. The number of rotatable bonds is 1. The zero-order valence-corrected chi connectivity index (χ0v) is 11.0. The fourth-order valence-electron chi connectivity index (χ4n) is 1.89. The first-order chi connectivity index (χ1) is 8.21. The molecule has 0 unspecified atom stereocenters. The predicted molar refractivity (Wildman–Crippen MR) is 69.0 cm³/mol. The van der Waals surface area contributed by atoms with Gasteiger partial charge in [0.2, 0.25) is 5.82 Å². The average Bonchev–Trinajstić information content (AvgIpc) is 2.53. The summed E-state index contributed by atoms with van der Waals surface area (Å²) in [4.78, 5) is 21.4. The summed E-state index contributed by atoms with van der Waals surface area (Å²) in [6.45, 7) is 5.93. The van der Waals surface area contributed by atoms with Crippen LogP contribution in [0.5, 0.6) is 0 Å². The Morgan fingerprint density at radius 3 is 2.50 bits per heavy atom. The number of carboxylic acids is 1. The number of aromatic amines is 1. The smallest absolute Gasteiger partial charge is 0.374 e. The maximum absolute atomic E-state index is 10.9. The van der Waals surface area contributed by atoms with Gasteiger partial charge in [0.25, 0.3) is 0 Å². The van der Waals surface area contributed by atoms with Crippen LogP contribution in [0.3, 0.4) is 0 Å². The van der Waals surface area contributed by atoms with E-state index < -0.39 is 5.97 Å². The van der Waals surface area contributed by atoms with Gasteiger partial charge < -0.3 is 15.8 Å². The van der Waals surface area contributed by atoms with Crippen LogP contribution in [-0.4, -0.2) is 26.0 Å². The van der Waals surface area contributed by atoms with Crippen LogP contribution in [0.4, 0.5) is 5.82 Å². The molecule has 0 aromatic carbocycles. The van der Waals surface area contributed by atoms with E-state index >= 15 is 0 Å². The summed E-state index contributed by atoms with van der Waals surface area (Å²) < 4.78 is 0. The van der Waals surface area contributed by atoms with Crippen molar-refractivity contribution in [2.24, 2.45) is 0 Å². The van der Waals surface area contributed by atoms with Gasteiger partial charge in [0.15, 0.2) is 0 Å². The molecular weight excluding hydrogens is 256 g/mol. The number of nitrogens with one attached hydrogen (secondary N) is 1. The summed E-state index contributed by atoms with van der Waals surface area (Å²) in [5.41, 5.74) is 6.69. The molecule has 0 amide bonds. The number of carboxylic acid groups (broad SMARTS) is 1. The molecule has 0 saturated carbocycles. The molecule has 2 heterocycles. The number of fused-ring (bicyclic) bond motifs is 1. The number of halogens is 1. The zero-order valence-electron chi connectivity index (χ0n) is 10.2. The van der Waals surface area contributed by atoms with Gasteiger partial charge in [-0.05, 0) is 5.41 Å². The molecule has 0 aliphatic carbocycles. The third-order valence-electron chi connectivity index (χ3n) is 2.58. The first kappa shape index (κ1) is 12.6. The molecule has 0 spiro atoms. The molecule has 0 atom stereocenters. The van der Waals surface area contributed by atoms with Crippen molar-refractivity contribution in [1.82, 2.24) is 15.0 Å². The van der Waals surface area contributed by atoms with E-state index in [-0.39, 0.29) is 17.1 Å². The van der Waals surface area contributed by atoms with E-state index in [0.29, 0.717) is 16.2 Å². The van der Waals surface area contributed by atoms with E-state index in [2.05, 4.69) is 15.0 Å². The van der Waals surface area contributed by atoms with Crippen LogP contribution in [0, 0.1) is 0 Å².